The Hall–Kier alpha value is -2.43. The number of nitrogens with one attached hydrogen (secondary N) is 1. The number of nitrogens with two attached hydrogens (primary N) is 1. The van der Waals surface area contributed by atoms with Crippen LogP contribution in [0.2, 0.25) is 0 Å². The van der Waals surface area contributed by atoms with Gasteiger partial charge in [0.05, 0.1) is 5.69 Å². The number of ketones is 1. The third-order valence-electron chi connectivity index (χ3n) is 2.64. The highest BCUT2D eigenvalue weighted by Crippen LogP contribution is 2.24. The highest BCUT2D eigenvalue weighted by molar-refractivity contribution is 6.00. The lowest BCUT2D eigenvalue weighted by Crippen LogP contribution is -2.01. The lowest BCUT2D eigenvalue weighted by Gasteiger charge is -2.10. The first-order valence-electron chi connectivity index (χ1n) is 5.60. The molecule has 0 bridgehead atoms. The summed E-state index contributed by atoms with van der Waals surface area (Å²) in [5.74, 6) is -1.54. The molecule has 0 amide bonds. The van der Waals surface area contributed by atoms with E-state index in [0.29, 0.717) is 16.9 Å². The summed E-state index contributed by atoms with van der Waals surface area (Å²) in [5, 5.41) is 2.77. The maximum absolute atomic E-state index is 13.5. The average Bonchev–Trinajstić information content (AvgIpc) is 2.34. The van der Waals surface area contributed by atoms with Crippen molar-refractivity contribution >= 4 is 22.8 Å². The number of rotatable bonds is 3. The summed E-state index contributed by atoms with van der Waals surface area (Å²) < 4.78 is 26.3. The van der Waals surface area contributed by atoms with E-state index in [2.05, 4.69) is 5.32 Å². The van der Waals surface area contributed by atoms with E-state index < -0.39 is 11.6 Å². The first-order valence-corrected chi connectivity index (χ1v) is 5.60. The Morgan fingerprint density at radius 2 is 1.89 bits per heavy atom. The number of halogens is 2. The zero-order chi connectivity index (χ0) is 14.0. The van der Waals surface area contributed by atoms with Crippen LogP contribution in [0, 0.1) is 11.6 Å². The van der Waals surface area contributed by atoms with Gasteiger partial charge in [0.25, 0.3) is 0 Å². The van der Waals surface area contributed by atoms with Crippen molar-refractivity contribution in [1.82, 2.24) is 0 Å². The van der Waals surface area contributed by atoms with Crippen LogP contribution < -0.4 is 11.1 Å². The minimum atomic E-state index is -0.707. The number of hydrogen-bond acceptors (Lipinski definition) is 3. The van der Waals surface area contributed by atoms with E-state index in [1.165, 1.54) is 19.1 Å². The van der Waals surface area contributed by atoms with Crippen LogP contribution in [0.4, 0.5) is 25.8 Å². The highest BCUT2D eigenvalue weighted by atomic mass is 19.1. The zero-order valence-corrected chi connectivity index (χ0v) is 10.2. The standard InChI is InChI=1S/C14H12F2N2O/c1-8(19)11-7-10(3-4-13(11)17)18-14-5-2-9(15)6-12(14)16/h2-7,18H,17H2,1H3. The fraction of sp³-hybridized carbons (Fsp3) is 0.0714. The smallest absolute Gasteiger partial charge is 0.161 e. The number of nitrogen functional groups attached to an aromatic ring is 1. The number of benzene rings is 2. The number of carbonyl (C=O) groups excluding carboxylic acids is 1. The van der Waals surface area contributed by atoms with Crippen molar-refractivity contribution < 1.29 is 13.6 Å². The maximum atomic E-state index is 13.5. The van der Waals surface area contributed by atoms with Gasteiger partial charge < -0.3 is 11.1 Å². The van der Waals surface area contributed by atoms with E-state index in [9.17, 15) is 13.6 Å². The van der Waals surface area contributed by atoms with E-state index in [4.69, 9.17) is 5.73 Å². The Labute approximate surface area is 109 Å². The van der Waals surface area contributed by atoms with Crippen LogP contribution >= 0.6 is 0 Å². The summed E-state index contributed by atoms with van der Waals surface area (Å²) in [6.07, 6.45) is 0. The number of Topliss-reactive ketones (excluding diaryl/α,β-unsaturated/α-hetero) is 1. The first kappa shape index (κ1) is 13.0. The van der Waals surface area contributed by atoms with Crippen LogP contribution in [0.5, 0.6) is 0 Å². The van der Waals surface area contributed by atoms with Crippen molar-refractivity contribution in [2.45, 2.75) is 6.92 Å². The molecular formula is C14H12F2N2O. The summed E-state index contributed by atoms with van der Waals surface area (Å²) in [4.78, 5) is 11.4. The molecule has 0 aromatic heterocycles. The molecule has 0 fully saturated rings. The Bertz CT molecular complexity index is 641. The van der Waals surface area contributed by atoms with Crippen LogP contribution in [-0.4, -0.2) is 5.78 Å². The molecule has 2 aromatic carbocycles. The minimum absolute atomic E-state index is 0.126. The van der Waals surface area contributed by atoms with Gasteiger partial charge in [-0.2, -0.15) is 0 Å². The topological polar surface area (TPSA) is 55.1 Å². The molecule has 0 spiro atoms. The summed E-state index contributed by atoms with van der Waals surface area (Å²) in [5.41, 5.74) is 7.00. The molecule has 0 aliphatic carbocycles. The van der Waals surface area contributed by atoms with Crippen molar-refractivity contribution in [3.8, 4) is 0 Å². The third kappa shape index (κ3) is 2.88. The van der Waals surface area contributed by atoms with Gasteiger partial charge in [-0.1, -0.05) is 0 Å². The summed E-state index contributed by atoms with van der Waals surface area (Å²) >= 11 is 0. The van der Waals surface area contributed by atoms with Crippen LogP contribution in [0.15, 0.2) is 36.4 Å². The van der Waals surface area contributed by atoms with Gasteiger partial charge in [0.2, 0.25) is 0 Å². The molecule has 0 aliphatic rings. The average molecular weight is 262 g/mol. The second kappa shape index (κ2) is 5.06. The number of anilines is 3. The Morgan fingerprint density at radius 3 is 2.53 bits per heavy atom. The van der Waals surface area contributed by atoms with Crippen LogP contribution in [0.3, 0.4) is 0 Å². The second-order valence-electron chi connectivity index (χ2n) is 4.11. The molecule has 2 rings (SSSR count). The number of hydrogen-bond donors (Lipinski definition) is 2. The van der Waals surface area contributed by atoms with Crippen LogP contribution in [0.1, 0.15) is 17.3 Å². The van der Waals surface area contributed by atoms with Crippen molar-refractivity contribution in [2.75, 3.05) is 11.1 Å². The Morgan fingerprint density at radius 1 is 1.16 bits per heavy atom. The molecule has 0 heterocycles. The molecule has 19 heavy (non-hydrogen) atoms. The fourth-order valence-electron chi connectivity index (χ4n) is 1.69. The predicted octanol–water partition coefficient (Wildman–Crippen LogP) is 3.49. The van der Waals surface area contributed by atoms with E-state index in [0.717, 1.165) is 12.1 Å². The molecule has 2 aromatic rings. The van der Waals surface area contributed by atoms with Gasteiger partial charge >= 0.3 is 0 Å². The monoisotopic (exact) mass is 262 g/mol. The molecular weight excluding hydrogens is 250 g/mol. The summed E-state index contributed by atoms with van der Waals surface area (Å²) in [6.45, 7) is 1.40. The molecule has 0 aliphatic heterocycles. The fourth-order valence-corrected chi connectivity index (χ4v) is 1.69. The lowest BCUT2D eigenvalue weighted by atomic mass is 10.1. The SMILES string of the molecule is CC(=O)c1cc(Nc2ccc(F)cc2F)ccc1N. The van der Waals surface area contributed by atoms with Gasteiger partial charge in [-0.3, -0.25) is 4.79 Å². The molecule has 0 saturated heterocycles. The van der Waals surface area contributed by atoms with Gasteiger partial charge in [0, 0.05) is 23.0 Å². The van der Waals surface area contributed by atoms with E-state index in [-0.39, 0.29) is 11.5 Å². The van der Waals surface area contributed by atoms with E-state index >= 15 is 0 Å². The quantitative estimate of drug-likeness (QED) is 0.657. The van der Waals surface area contributed by atoms with Crippen molar-refractivity contribution in [3.05, 3.63) is 53.6 Å². The van der Waals surface area contributed by atoms with E-state index in [1.54, 1.807) is 12.1 Å². The normalized spacial score (nSPS) is 10.3. The molecule has 0 unspecified atom stereocenters. The first-order chi connectivity index (χ1) is 8.97. The zero-order valence-electron chi connectivity index (χ0n) is 10.2. The molecule has 0 saturated carbocycles. The minimum Gasteiger partial charge on any atom is -0.398 e. The van der Waals surface area contributed by atoms with Crippen LogP contribution in [0.25, 0.3) is 0 Å². The Kier molecular flexibility index (Phi) is 3.46. The largest absolute Gasteiger partial charge is 0.398 e. The van der Waals surface area contributed by atoms with Crippen LogP contribution in [-0.2, 0) is 0 Å². The third-order valence-corrected chi connectivity index (χ3v) is 2.64. The number of carbonyl (C=O) groups is 1. The molecule has 3 nitrogen and oxygen atoms in total. The van der Waals surface area contributed by atoms with Gasteiger partial charge in [0.15, 0.2) is 5.78 Å². The van der Waals surface area contributed by atoms with E-state index in [1.807, 2.05) is 0 Å². The molecule has 0 radical (unpaired) electrons. The summed E-state index contributed by atoms with van der Waals surface area (Å²) in [6, 6.07) is 7.92. The van der Waals surface area contributed by atoms with Crippen molar-refractivity contribution in [2.24, 2.45) is 0 Å². The molecule has 98 valence electrons. The Balaban J connectivity index is 2.33. The molecule has 3 N–H and O–H groups in total. The van der Waals surface area contributed by atoms with Gasteiger partial charge in [-0.05, 0) is 37.3 Å². The lowest BCUT2D eigenvalue weighted by molar-refractivity contribution is 0.101. The second-order valence-corrected chi connectivity index (χ2v) is 4.11. The summed E-state index contributed by atoms with van der Waals surface area (Å²) in [7, 11) is 0. The van der Waals surface area contributed by atoms with Crippen molar-refractivity contribution in [3.63, 3.8) is 0 Å². The predicted molar refractivity (Wildman–Crippen MR) is 70.5 cm³/mol. The highest BCUT2D eigenvalue weighted by Gasteiger charge is 2.08. The van der Waals surface area contributed by atoms with Crippen molar-refractivity contribution in [1.29, 1.82) is 0 Å². The molecule has 0 atom stereocenters. The van der Waals surface area contributed by atoms with Gasteiger partial charge in [-0.25, -0.2) is 8.78 Å². The maximum Gasteiger partial charge on any atom is 0.161 e. The van der Waals surface area contributed by atoms with Gasteiger partial charge in [-0.15, -0.1) is 0 Å². The molecule has 5 heteroatoms. The van der Waals surface area contributed by atoms with Gasteiger partial charge in [0.1, 0.15) is 11.6 Å².